The van der Waals surface area contributed by atoms with Crippen molar-refractivity contribution in [3.8, 4) is 11.5 Å². The van der Waals surface area contributed by atoms with E-state index in [2.05, 4.69) is 25.0 Å². The van der Waals surface area contributed by atoms with E-state index in [1.54, 1.807) is 19.2 Å². The molecule has 0 fully saturated rings. The molecule has 2 N–H and O–H groups in total. The zero-order chi connectivity index (χ0) is 21.0. The highest BCUT2D eigenvalue weighted by atomic mass is 32.2. The van der Waals surface area contributed by atoms with Crippen molar-refractivity contribution in [3.05, 3.63) is 65.0 Å². The second kappa shape index (κ2) is 8.67. The molecule has 0 aliphatic rings. The summed E-state index contributed by atoms with van der Waals surface area (Å²) in [6.45, 7) is 8.13. The fraction of sp³-hybridized carbons (Fsp3) is 0.286. The molecule has 0 saturated carbocycles. The van der Waals surface area contributed by atoms with Crippen molar-refractivity contribution >= 4 is 15.8 Å². The molecule has 2 heterocycles. The Morgan fingerprint density at radius 2 is 1.76 bits per heavy atom. The molecule has 3 aromatic rings. The van der Waals surface area contributed by atoms with Crippen LogP contribution in [0.1, 0.15) is 22.4 Å². The third-order valence-corrected chi connectivity index (χ3v) is 6.23. The molecule has 0 aliphatic carbocycles. The van der Waals surface area contributed by atoms with Gasteiger partial charge in [-0.25, -0.2) is 23.1 Å². The van der Waals surface area contributed by atoms with Gasteiger partial charge in [0, 0.05) is 30.5 Å². The number of nitrogens with one attached hydrogen (secondary N) is 2. The Morgan fingerprint density at radius 3 is 2.48 bits per heavy atom. The van der Waals surface area contributed by atoms with Crippen LogP contribution in [-0.4, -0.2) is 36.5 Å². The third kappa shape index (κ3) is 4.96. The molecule has 0 unspecified atom stereocenters. The SMILES string of the molecule is Cc1ccc(C)c(S(=O)(=O)NCCNc2nc(-c3ccccn3)nc(C)c2C)c1. The van der Waals surface area contributed by atoms with Crippen molar-refractivity contribution in [1.29, 1.82) is 0 Å². The molecule has 0 atom stereocenters. The van der Waals surface area contributed by atoms with Crippen LogP contribution >= 0.6 is 0 Å². The molecule has 29 heavy (non-hydrogen) atoms. The van der Waals surface area contributed by atoms with Gasteiger partial charge in [-0.05, 0) is 57.0 Å². The number of hydrogen-bond acceptors (Lipinski definition) is 6. The largest absolute Gasteiger partial charge is 0.368 e. The molecule has 1 aromatic carbocycles. The van der Waals surface area contributed by atoms with Crippen molar-refractivity contribution in [3.63, 3.8) is 0 Å². The van der Waals surface area contributed by atoms with E-state index in [0.29, 0.717) is 28.8 Å². The molecule has 0 radical (unpaired) electrons. The van der Waals surface area contributed by atoms with Gasteiger partial charge in [-0.1, -0.05) is 18.2 Å². The maximum atomic E-state index is 12.6. The van der Waals surface area contributed by atoms with Crippen LogP contribution in [0.4, 0.5) is 5.82 Å². The molecule has 0 aliphatic heterocycles. The van der Waals surface area contributed by atoms with E-state index in [9.17, 15) is 8.42 Å². The molecule has 7 nitrogen and oxygen atoms in total. The lowest BCUT2D eigenvalue weighted by Gasteiger charge is -2.13. The number of nitrogens with zero attached hydrogens (tertiary/aromatic N) is 3. The first-order valence-corrected chi connectivity index (χ1v) is 10.8. The third-order valence-electron chi connectivity index (χ3n) is 4.63. The number of benzene rings is 1. The molecule has 152 valence electrons. The predicted molar refractivity (Wildman–Crippen MR) is 114 cm³/mol. The van der Waals surface area contributed by atoms with Gasteiger partial charge in [0.25, 0.3) is 0 Å². The molecule has 0 amide bonds. The Hall–Kier alpha value is -2.84. The van der Waals surface area contributed by atoms with E-state index < -0.39 is 10.0 Å². The Bertz CT molecular complexity index is 1120. The first-order chi connectivity index (χ1) is 13.8. The number of aryl methyl sites for hydroxylation is 3. The molecule has 2 aromatic heterocycles. The molecule has 0 bridgehead atoms. The monoisotopic (exact) mass is 411 g/mol. The summed E-state index contributed by atoms with van der Waals surface area (Å²) in [5.74, 6) is 1.20. The van der Waals surface area contributed by atoms with E-state index in [-0.39, 0.29) is 6.54 Å². The van der Waals surface area contributed by atoms with Crippen molar-refractivity contribution in [2.24, 2.45) is 0 Å². The van der Waals surface area contributed by atoms with Gasteiger partial charge >= 0.3 is 0 Å². The zero-order valence-corrected chi connectivity index (χ0v) is 17.8. The van der Waals surface area contributed by atoms with E-state index in [1.807, 2.05) is 51.1 Å². The highest BCUT2D eigenvalue weighted by molar-refractivity contribution is 7.89. The van der Waals surface area contributed by atoms with Crippen molar-refractivity contribution in [2.75, 3.05) is 18.4 Å². The van der Waals surface area contributed by atoms with Crippen LogP contribution < -0.4 is 10.0 Å². The Labute approximate surface area is 171 Å². The summed E-state index contributed by atoms with van der Waals surface area (Å²) in [6, 6.07) is 11.0. The van der Waals surface area contributed by atoms with Crippen molar-refractivity contribution < 1.29 is 8.42 Å². The van der Waals surface area contributed by atoms with E-state index in [0.717, 1.165) is 22.4 Å². The topological polar surface area (TPSA) is 96.9 Å². The Kier molecular flexibility index (Phi) is 6.24. The lowest BCUT2D eigenvalue weighted by atomic mass is 10.2. The Morgan fingerprint density at radius 1 is 0.966 bits per heavy atom. The lowest BCUT2D eigenvalue weighted by molar-refractivity contribution is 0.582. The van der Waals surface area contributed by atoms with E-state index in [4.69, 9.17) is 0 Å². The van der Waals surface area contributed by atoms with Crippen LogP contribution in [0.5, 0.6) is 0 Å². The number of aromatic nitrogens is 3. The van der Waals surface area contributed by atoms with Gasteiger partial charge in [0.2, 0.25) is 10.0 Å². The lowest BCUT2D eigenvalue weighted by Crippen LogP contribution is -2.29. The van der Waals surface area contributed by atoms with Gasteiger partial charge < -0.3 is 5.32 Å². The summed E-state index contributed by atoms with van der Waals surface area (Å²) in [7, 11) is -3.57. The quantitative estimate of drug-likeness (QED) is 0.580. The van der Waals surface area contributed by atoms with Gasteiger partial charge in [0.05, 0.1) is 4.90 Å². The molecule has 0 saturated heterocycles. The summed E-state index contributed by atoms with van der Waals surface area (Å²) in [4.78, 5) is 13.7. The molecule has 0 spiro atoms. The standard InChI is InChI=1S/C21H25N5O2S/c1-14-8-9-15(2)19(13-14)29(27,28)24-12-11-23-20-16(3)17(4)25-21(26-20)18-7-5-6-10-22-18/h5-10,13,24H,11-12H2,1-4H3,(H,23,25,26). The number of hydrogen-bond donors (Lipinski definition) is 2. The molecular formula is C21H25N5O2S. The first-order valence-electron chi connectivity index (χ1n) is 9.35. The van der Waals surface area contributed by atoms with Crippen LogP contribution in [0.3, 0.4) is 0 Å². The van der Waals surface area contributed by atoms with Crippen molar-refractivity contribution in [1.82, 2.24) is 19.7 Å². The van der Waals surface area contributed by atoms with Gasteiger partial charge in [0.15, 0.2) is 5.82 Å². The minimum Gasteiger partial charge on any atom is -0.368 e. The average Bonchev–Trinajstić information content (AvgIpc) is 2.70. The highest BCUT2D eigenvalue weighted by Gasteiger charge is 2.16. The Balaban J connectivity index is 1.69. The van der Waals surface area contributed by atoms with Crippen LogP contribution in [0.2, 0.25) is 0 Å². The number of rotatable bonds is 7. The summed E-state index contributed by atoms with van der Waals surface area (Å²) < 4.78 is 27.9. The average molecular weight is 412 g/mol. The van der Waals surface area contributed by atoms with Crippen LogP contribution in [0.25, 0.3) is 11.5 Å². The minimum atomic E-state index is -3.57. The van der Waals surface area contributed by atoms with E-state index >= 15 is 0 Å². The van der Waals surface area contributed by atoms with Crippen LogP contribution in [-0.2, 0) is 10.0 Å². The second-order valence-corrected chi connectivity index (χ2v) is 8.65. The summed E-state index contributed by atoms with van der Waals surface area (Å²) >= 11 is 0. The van der Waals surface area contributed by atoms with Gasteiger partial charge in [0.1, 0.15) is 11.5 Å². The normalized spacial score (nSPS) is 11.4. The highest BCUT2D eigenvalue weighted by Crippen LogP contribution is 2.20. The minimum absolute atomic E-state index is 0.233. The number of pyridine rings is 1. The van der Waals surface area contributed by atoms with Gasteiger partial charge in [-0.15, -0.1) is 0 Å². The van der Waals surface area contributed by atoms with Gasteiger partial charge in [-0.2, -0.15) is 0 Å². The maximum Gasteiger partial charge on any atom is 0.240 e. The maximum absolute atomic E-state index is 12.6. The van der Waals surface area contributed by atoms with Gasteiger partial charge in [-0.3, -0.25) is 4.98 Å². The number of anilines is 1. The molecule has 3 rings (SSSR count). The predicted octanol–water partition coefficient (Wildman–Crippen LogP) is 3.16. The number of sulfonamides is 1. The summed E-state index contributed by atoms with van der Waals surface area (Å²) in [5.41, 5.74) is 4.08. The summed E-state index contributed by atoms with van der Waals surface area (Å²) in [6.07, 6.45) is 1.70. The van der Waals surface area contributed by atoms with Crippen LogP contribution in [0.15, 0.2) is 47.5 Å². The van der Waals surface area contributed by atoms with Crippen LogP contribution in [0, 0.1) is 27.7 Å². The van der Waals surface area contributed by atoms with E-state index in [1.165, 1.54) is 0 Å². The smallest absolute Gasteiger partial charge is 0.240 e. The fourth-order valence-corrected chi connectivity index (χ4v) is 4.21. The molecule has 8 heteroatoms. The molecular weight excluding hydrogens is 386 g/mol. The second-order valence-electron chi connectivity index (χ2n) is 6.91. The first kappa shape index (κ1) is 20.9. The fourth-order valence-electron chi connectivity index (χ4n) is 2.85. The summed E-state index contributed by atoms with van der Waals surface area (Å²) in [5, 5.41) is 3.21. The zero-order valence-electron chi connectivity index (χ0n) is 17.0. The van der Waals surface area contributed by atoms with Crippen molar-refractivity contribution in [2.45, 2.75) is 32.6 Å².